The van der Waals surface area contributed by atoms with Crippen LogP contribution >= 0.6 is 0 Å². The van der Waals surface area contributed by atoms with E-state index in [1.165, 1.54) is 12.1 Å². The lowest BCUT2D eigenvalue weighted by Gasteiger charge is -2.11. The Hall–Kier alpha value is -2.21. The molecule has 0 radical (unpaired) electrons. The Bertz CT molecular complexity index is 785. The van der Waals surface area contributed by atoms with Gasteiger partial charge in [-0.3, -0.25) is 4.72 Å². The number of sulfonamides is 1. The SMILES string of the molecule is CCc1ccc(NS(=O)(=O)c2ccc3c(c2)OCCCO3)cc1. The predicted octanol–water partition coefficient (Wildman–Crippen LogP) is 3.21. The van der Waals surface area contributed by atoms with E-state index in [4.69, 9.17) is 9.47 Å². The maximum Gasteiger partial charge on any atom is 0.262 e. The molecule has 0 spiro atoms. The van der Waals surface area contributed by atoms with Crippen LogP contribution in [-0.4, -0.2) is 21.6 Å². The Balaban J connectivity index is 1.85. The van der Waals surface area contributed by atoms with Crippen LogP contribution in [0.25, 0.3) is 0 Å². The van der Waals surface area contributed by atoms with Crippen molar-refractivity contribution in [3.63, 3.8) is 0 Å². The Labute approximate surface area is 136 Å². The summed E-state index contributed by atoms with van der Waals surface area (Å²) in [6.45, 7) is 3.14. The van der Waals surface area contributed by atoms with E-state index in [-0.39, 0.29) is 4.90 Å². The van der Waals surface area contributed by atoms with E-state index in [1.54, 1.807) is 18.2 Å². The molecule has 0 saturated carbocycles. The van der Waals surface area contributed by atoms with E-state index in [1.807, 2.05) is 12.1 Å². The van der Waals surface area contributed by atoms with Gasteiger partial charge in [0.15, 0.2) is 11.5 Å². The van der Waals surface area contributed by atoms with Gasteiger partial charge < -0.3 is 9.47 Å². The molecule has 2 aromatic rings. The maximum absolute atomic E-state index is 12.5. The fraction of sp³-hybridized carbons (Fsp3) is 0.294. The van der Waals surface area contributed by atoms with Crippen molar-refractivity contribution in [2.24, 2.45) is 0 Å². The molecule has 0 saturated heterocycles. The van der Waals surface area contributed by atoms with Crippen molar-refractivity contribution in [1.29, 1.82) is 0 Å². The van der Waals surface area contributed by atoms with Crippen molar-refractivity contribution in [3.8, 4) is 11.5 Å². The molecule has 0 bridgehead atoms. The lowest BCUT2D eigenvalue weighted by molar-refractivity contribution is 0.297. The molecule has 3 rings (SSSR count). The van der Waals surface area contributed by atoms with E-state index >= 15 is 0 Å². The molecule has 0 aliphatic carbocycles. The molecule has 23 heavy (non-hydrogen) atoms. The van der Waals surface area contributed by atoms with Crippen LogP contribution < -0.4 is 14.2 Å². The van der Waals surface area contributed by atoms with Gasteiger partial charge in [-0.2, -0.15) is 0 Å². The summed E-state index contributed by atoms with van der Waals surface area (Å²) >= 11 is 0. The van der Waals surface area contributed by atoms with Crippen LogP contribution in [0.5, 0.6) is 11.5 Å². The first kappa shape index (κ1) is 15.7. The molecule has 1 aliphatic heterocycles. The van der Waals surface area contributed by atoms with Crippen LogP contribution in [0.15, 0.2) is 47.4 Å². The molecule has 5 nitrogen and oxygen atoms in total. The zero-order valence-corrected chi connectivity index (χ0v) is 13.7. The number of hydrogen-bond donors (Lipinski definition) is 1. The van der Waals surface area contributed by atoms with Crippen LogP contribution in [0, 0.1) is 0 Å². The van der Waals surface area contributed by atoms with Crippen LogP contribution in [0.2, 0.25) is 0 Å². The highest BCUT2D eigenvalue weighted by molar-refractivity contribution is 7.92. The molecule has 1 N–H and O–H groups in total. The van der Waals surface area contributed by atoms with E-state index in [9.17, 15) is 8.42 Å². The zero-order valence-electron chi connectivity index (χ0n) is 12.9. The average molecular weight is 333 g/mol. The van der Waals surface area contributed by atoms with Gasteiger partial charge in [-0.15, -0.1) is 0 Å². The largest absolute Gasteiger partial charge is 0.490 e. The summed E-state index contributed by atoms with van der Waals surface area (Å²) in [7, 11) is -3.66. The Morgan fingerprint density at radius 3 is 2.39 bits per heavy atom. The lowest BCUT2D eigenvalue weighted by atomic mass is 10.2. The first-order chi connectivity index (χ1) is 11.1. The van der Waals surface area contributed by atoms with Gasteiger partial charge in [0.05, 0.1) is 18.1 Å². The second-order valence-corrected chi connectivity index (χ2v) is 7.00. The molecule has 6 heteroatoms. The van der Waals surface area contributed by atoms with Gasteiger partial charge in [0.25, 0.3) is 10.0 Å². The van der Waals surface area contributed by atoms with Crippen molar-refractivity contribution < 1.29 is 17.9 Å². The molecule has 0 unspecified atom stereocenters. The summed E-state index contributed by atoms with van der Waals surface area (Å²) in [5, 5.41) is 0. The number of fused-ring (bicyclic) bond motifs is 1. The lowest BCUT2D eigenvalue weighted by Crippen LogP contribution is -2.13. The molecule has 122 valence electrons. The van der Waals surface area contributed by atoms with Gasteiger partial charge in [0.2, 0.25) is 0 Å². The van der Waals surface area contributed by atoms with Gasteiger partial charge in [-0.1, -0.05) is 19.1 Å². The fourth-order valence-electron chi connectivity index (χ4n) is 2.33. The Kier molecular flexibility index (Phi) is 4.43. The maximum atomic E-state index is 12.5. The van der Waals surface area contributed by atoms with Crippen LogP contribution in [-0.2, 0) is 16.4 Å². The van der Waals surface area contributed by atoms with Gasteiger partial charge in [-0.05, 0) is 36.2 Å². The van der Waals surface area contributed by atoms with Crippen LogP contribution in [0.3, 0.4) is 0 Å². The summed E-state index contributed by atoms with van der Waals surface area (Å²) < 4.78 is 38.7. The molecule has 1 heterocycles. The van der Waals surface area contributed by atoms with Crippen molar-refractivity contribution in [2.45, 2.75) is 24.7 Å². The minimum Gasteiger partial charge on any atom is -0.490 e. The summed E-state index contributed by atoms with van der Waals surface area (Å²) in [4.78, 5) is 0.154. The standard InChI is InChI=1S/C17H19NO4S/c1-2-13-4-6-14(7-5-13)18-23(19,20)15-8-9-16-17(12-15)22-11-3-10-21-16/h4-9,12,18H,2-3,10-11H2,1H3. The summed E-state index contributed by atoms with van der Waals surface area (Å²) in [6.07, 6.45) is 1.69. The number of benzene rings is 2. The van der Waals surface area contributed by atoms with Crippen molar-refractivity contribution in [2.75, 3.05) is 17.9 Å². The molecule has 1 aliphatic rings. The van der Waals surface area contributed by atoms with Crippen molar-refractivity contribution in [1.82, 2.24) is 0 Å². The normalized spacial score (nSPS) is 14.1. The summed E-state index contributed by atoms with van der Waals surface area (Å²) in [6, 6.07) is 12.0. The number of hydrogen-bond acceptors (Lipinski definition) is 4. The van der Waals surface area contributed by atoms with Gasteiger partial charge >= 0.3 is 0 Å². The Morgan fingerprint density at radius 1 is 1.00 bits per heavy atom. The van der Waals surface area contributed by atoms with Crippen molar-refractivity contribution in [3.05, 3.63) is 48.0 Å². The third kappa shape index (κ3) is 3.59. The second-order valence-electron chi connectivity index (χ2n) is 5.31. The highest BCUT2D eigenvalue weighted by Crippen LogP contribution is 2.32. The first-order valence-corrected chi connectivity index (χ1v) is 9.08. The van der Waals surface area contributed by atoms with Gasteiger partial charge in [0, 0.05) is 18.2 Å². The first-order valence-electron chi connectivity index (χ1n) is 7.60. The topological polar surface area (TPSA) is 64.6 Å². The third-order valence-electron chi connectivity index (χ3n) is 3.64. The highest BCUT2D eigenvalue weighted by Gasteiger charge is 2.18. The Morgan fingerprint density at radius 2 is 1.70 bits per heavy atom. The number of anilines is 1. The fourth-order valence-corrected chi connectivity index (χ4v) is 3.41. The smallest absolute Gasteiger partial charge is 0.262 e. The quantitative estimate of drug-likeness (QED) is 0.933. The van der Waals surface area contributed by atoms with E-state index in [2.05, 4.69) is 11.6 Å². The minimum atomic E-state index is -3.66. The zero-order chi connectivity index (χ0) is 16.3. The predicted molar refractivity (Wildman–Crippen MR) is 88.7 cm³/mol. The molecular weight excluding hydrogens is 314 g/mol. The van der Waals surface area contributed by atoms with Crippen LogP contribution in [0.1, 0.15) is 18.9 Å². The minimum absolute atomic E-state index is 0.154. The molecule has 0 fully saturated rings. The van der Waals surface area contributed by atoms with Gasteiger partial charge in [-0.25, -0.2) is 8.42 Å². The molecule has 0 aromatic heterocycles. The average Bonchev–Trinajstić information content (AvgIpc) is 2.80. The third-order valence-corrected chi connectivity index (χ3v) is 5.02. The van der Waals surface area contributed by atoms with E-state index < -0.39 is 10.0 Å². The second kappa shape index (κ2) is 6.50. The molecule has 2 aromatic carbocycles. The molecule has 0 amide bonds. The highest BCUT2D eigenvalue weighted by atomic mass is 32.2. The number of aryl methyl sites for hydroxylation is 1. The van der Waals surface area contributed by atoms with Crippen molar-refractivity contribution >= 4 is 15.7 Å². The van der Waals surface area contributed by atoms with Gasteiger partial charge in [0.1, 0.15) is 0 Å². The summed E-state index contributed by atoms with van der Waals surface area (Å²) in [5.74, 6) is 1.04. The monoisotopic (exact) mass is 333 g/mol. The van der Waals surface area contributed by atoms with E-state index in [0.717, 1.165) is 18.4 Å². The van der Waals surface area contributed by atoms with E-state index in [0.29, 0.717) is 30.4 Å². The summed E-state index contributed by atoms with van der Waals surface area (Å²) in [5.41, 5.74) is 1.69. The number of rotatable bonds is 4. The number of nitrogens with one attached hydrogen (secondary N) is 1. The van der Waals surface area contributed by atoms with Crippen LogP contribution in [0.4, 0.5) is 5.69 Å². The molecular formula is C17H19NO4S. The number of ether oxygens (including phenoxy) is 2. The molecule has 0 atom stereocenters.